The summed E-state index contributed by atoms with van der Waals surface area (Å²) in [5.41, 5.74) is 7.51. The third kappa shape index (κ3) is 5.54. The van der Waals surface area contributed by atoms with Gasteiger partial charge in [0.15, 0.2) is 0 Å². The van der Waals surface area contributed by atoms with Gasteiger partial charge in [0.05, 0.1) is 5.54 Å². The van der Waals surface area contributed by atoms with E-state index in [1.165, 1.54) is 0 Å². The SMILES string of the molecule is CC(C)(NC(=O)CC(N)c1ccccc1)c1cccc(Cl)c1.Cl. The Labute approximate surface area is 148 Å². The first-order valence-electron chi connectivity index (χ1n) is 7.26. The van der Waals surface area contributed by atoms with Gasteiger partial charge in [0.2, 0.25) is 5.91 Å². The summed E-state index contributed by atoms with van der Waals surface area (Å²) >= 11 is 6.02. The number of benzene rings is 2. The van der Waals surface area contributed by atoms with Gasteiger partial charge in [-0.3, -0.25) is 4.79 Å². The van der Waals surface area contributed by atoms with E-state index in [1.807, 2.05) is 68.4 Å². The number of hydrogen-bond acceptors (Lipinski definition) is 2. The zero-order valence-corrected chi connectivity index (χ0v) is 14.8. The fraction of sp³-hybridized carbons (Fsp3) is 0.278. The van der Waals surface area contributed by atoms with Gasteiger partial charge >= 0.3 is 0 Å². The minimum absolute atomic E-state index is 0. The maximum atomic E-state index is 12.3. The summed E-state index contributed by atoms with van der Waals surface area (Å²) in [5.74, 6) is -0.0821. The highest BCUT2D eigenvalue weighted by molar-refractivity contribution is 6.30. The van der Waals surface area contributed by atoms with E-state index >= 15 is 0 Å². The minimum atomic E-state index is -0.502. The summed E-state index contributed by atoms with van der Waals surface area (Å²) in [6, 6.07) is 16.8. The fourth-order valence-corrected chi connectivity index (χ4v) is 2.56. The summed E-state index contributed by atoms with van der Waals surface area (Å²) < 4.78 is 0. The Morgan fingerprint density at radius 3 is 2.43 bits per heavy atom. The van der Waals surface area contributed by atoms with Crippen molar-refractivity contribution in [2.45, 2.75) is 31.8 Å². The van der Waals surface area contributed by atoms with Gasteiger partial charge in [-0.15, -0.1) is 12.4 Å². The highest BCUT2D eigenvalue weighted by Crippen LogP contribution is 2.23. The monoisotopic (exact) mass is 352 g/mol. The van der Waals surface area contributed by atoms with Crippen LogP contribution in [0.3, 0.4) is 0 Å². The molecule has 0 heterocycles. The van der Waals surface area contributed by atoms with E-state index < -0.39 is 5.54 Å². The van der Waals surface area contributed by atoms with E-state index in [2.05, 4.69) is 5.32 Å². The molecule has 5 heteroatoms. The van der Waals surface area contributed by atoms with E-state index in [0.29, 0.717) is 5.02 Å². The van der Waals surface area contributed by atoms with Crippen molar-refractivity contribution in [3.63, 3.8) is 0 Å². The first-order valence-corrected chi connectivity index (χ1v) is 7.64. The summed E-state index contributed by atoms with van der Waals surface area (Å²) in [6.45, 7) is 3.90. The van der Waals surface area contributed by atoms with E-state index in [1.54, 1.807) is 0 Å². The highest BCUT2D eigenvalue weighted by atomic mass is 35.5. The number of rotatable bonds is 5. The van der Waals surface area contributed by atoms with Crippen molar-refractivity contribution in [2.24, 2.45) is 5.73 Å². The van der Waals surface area contributed by atoms with Gasteiger partial charge in [0, 0.05) is 17.5 Å². The molecule has 3 N–H and O–H groups in total. The van der Waals surface area contributed by atoms with Crippen LogP contribution < -0.4 is 11.1 Å². The number of carbonyl (C=O) groups is 1. The zero-order chi connectivity index (χ0) is 16.2. The molecule has 2 aromatic carbocycles. The number of hydrogen-bond donors (Lipinski definition) is 2. The van der Waals surface area contributed by atoms with E-state index in [4.69, 9.17) is 17.3 Å². The third-order valence-corrected chi connectivity index (χ3v) is 3.87. The molecule has 0 saturated heterocycles. The summed E-state index contributed by atoms with van der Waals surface area (Å²) in [4.78, 5) is 12.3. The Morgan fingerprint density at radius 1 is 1.17 bits per heavy atom. The summed E-state index contributed by atoms with van der Waals surface area (Å²) in [5, 5.41) is 3.68. The second kappa shape index (κ2) is 8.34. The lowest BCUT2D eigenvalue weighted by atomic mass is 9.93. The van der Waals surface area contributed by atoms with Crippen molar-refractivity contribution in [3.8, 4) is 0 Å². The van der Waals surface area contributed by atoms with E-state index in [0.717, 1.165) is 11.1 Å². The van der Waals surface area contributed by atoms with Crippen LogP contribution in [-0.2, 0) is 10.3 Å². The van der Waals surface area contributed by atoms with Crippen LogP contribution in [-0.4, -0.2) is 5.91 Å². The van der Waals surface area contributed by atoms with Crippen LogP contribution in [0.2, 0.25) is 5.02 Å². The van der Waals surface area contributed by atoms with Crippen molar-refractivity contribution in [3.05, 3.63) is 70.7 Å². The lowest BCUT2D eigenvalue weighted by Crippen LogP contribution is -2.42. The Hall–Kier alpha value is -1.55. The van der Waals surface area contributed by atoms with Gasteiger partial charge in [-0.05, 0) is 37.1 Å². The van der Waals surface area contributed by atoms with Crippen molar-refractivity contribution in [1.82, 2.24) is 5.32 Å². The number of carbonyl (C=O) groups excluding carboxylic acids is 1. The molecule has 0 radical (unpaired) electrons. The molecule has 0 bridgehead atoms. The Balaban J connectivity index is 0.00000264. The molecule has 1 unspecified atom stereocenters. The van der Waals surface area contributed by atoms with Crippen molar-refractivity contribution in [1.29, 1.82) is 0 Å². The highest BCUT2D eigenvalue weighted by Gasteiger charge is 2.24. The molecular weight excluding hydrogens is 331 g/mol. The van der Waals surface area contributed by atoms with Crippen LogP contribution in [0.4, 0.5) is 0 Å². The normalized spacial score (nSPS) is 12.2. The second-order valence-electron chi connectivity index (χ2n) is 5.90. The van der Waals surface area contributed by atoms with E-state index in [-0.39, 0.29) is 30.8 Å². The topological polar surface area (TPSA) is 55.1 Å². The average Bonchev–Trinajstić information content (AvgIpc) is 2.47. The maximum absolute atomic E-state index is 12.3. The van der Waals surface area contributed by atoms with Crippen LogP contribution in [0.1, 0.15) is 37.4 Å². The first kappa shape index (κ1) is 19.5. The van der Waals surface area contributed by atoms with Gasteiger partial charge in [-0.2, -0.15) is 0 Å². The summed E-state index contributed by atoms with van der Waals surface area (Å²) in [7, 11) is 0. The lowest BCUT2D eigenvalue weighted by molar-refractivity contribution is -0.123. The Bertz CT molecular complexity index is 644. The number of nitrogens with two attached hydrogens (primary N) is 1. The third-order valence-electron chi connectivity index (χ3n) is 3.63. The van der Waals surface area contributed by atoms with Gasteiger partial charge < -0.3 is 11.1 Å². The number of amides is 1. The molecule has 1 amide bonds. The quantitative estimate of drug-likeness (QED) is 0.846. The molecule has 0 fully saturated rings. The van der Waals surface area contributed by atoms with Gasteiger partial charge in [0.1, 0.15) is 0 Å². The minimum Gasteiger partial charge on any atom is -0.347 e. The zero-order valence-electron chi connectivity index (χ0n) is 13.3. The number of halogens is 2. The molecule has 0 spiro atoms. The Kier molecular flexibility index (Phi) is 7.07. The average molecular weight is 353 g/mol. The first-order chi connectivity index (χ1) is 10.4. The molecular formula is C18H22Cl2N2O. The van der Waals surface area contributed by atoms with Crippen LogP contribution in [0.25, 0.3) is 0 Å². The van der Waals surface area contributed by atoms with E-state index in [9.17, 15) is 4.79 Å². The predicted molar refractivity (Wildman–Crippen MR) is 97.9 cm³/mol. The smallest absolute Gasteiger partial charge is 0.222 e. The molecule has 3 nitrogen and oxygen atoms in total. The van der Waals surface area contributed by atoms with Crippen molar-refractivity contribution < 1.29 is 4.79 Å². The molecule has 23 heavy (non-hydrogen) atoms. The van der Waals surface area contributed by atoms with Gasteiger partial charge in [-0.1, -0.05) is 54.1 Å². The molecule has 2 rings (SSSR count). The van der Waals surface area contributed by atoms with Crippen LogP contribution in [0.15, 0.2) is 54.6 Å². The predicted octanol–water partition coefficient (Wildman–Crippen LogP) is 4.20. The molecule has 124 valence electrons. The largest absolute Gasteiger partial charge is 0.347 e. The molecule has 0 aliphatic heterocycles. The summed E-state index contributed by atoms with van der Waals surface area (Å²) in [6.07, 6.45) is 0.244. The fourth-order valence-electron chi connectivity index (χ4n) is 2.37. The van der Waals surface area contributed by atoms with Crippen LogP contribution in [0.5, 0.6) is 0 Å². The molecule has 0 saturated carbocycles. The van der Waals surface area contributed by atoms with Gasteiger partial charge in [0.25, 0.3) is 0 Å². The Morgan fingerprint density at radius 2 is 1.83 bits per heavy atom. The molecule has 1 atom stereocenters. The number of nitrogens with one attached hydrogen (secondary N) is 1. The van der Waals surface area contributed by atoms with Crippen LogP contribution in [0, 0.1) is 0 Å². The molecule has 0 aliphatic rings. The maximum Gasteiger partial charge on any atom is 0.222 e. The van der Waals surface area contributed by atoms with Crippen molar-refractivity contribution >= 4 is 29.9 Å². The van der Waals surface area contributed by atoms with Gasteiger partial charge in [-0.25, -0.2) is 0 Å². The molecule has 2 aromatic rings. The second-order valence-corrected chi connectivity index (χ2v) is 6.34. The molecule has 0 aromatic heterocycles. The standard InChI is InChI=1S/C18H21ClN2O.ClH/c1-18(2,14-9-6-10-15(19)11-14)21-17(22)12-16(20)13-7-4-3-5-8-13;/h3-11,16H,12,20H2,1-2H3,(H,21,22);1H. The molecule has 0 aliphatic carbocycles. The van der Waals surface area contributed by atoms with Crippen LogP contribution >= 0.6 is 24.0 Å². The lowest BCUT2D eigenvalue weighted by Gasteiger charge is -2.28. The van der Waals surface area contributed by atoms with Crippen molar-refractivity contribution in [2.75, 3.05) is 0 Å².